The number of nitrogens with one attached hydrogen (secondary N) is 1. The number of nitrogens with zero attached hydrogens (tertiary/aromatic N) is 5. The van der Waals surface area contributed by atoms with E-state index in [1.807, 2.05) is 47.8 Å². The summed E-state index contributed by atoms with van der Waals surface area (Å²) < 4.78 is 2.02. The minimum absolute atomic E-state index is 0.117. The van der Waals surface area contributed by atoms with Crippen LogP contribution >= 0.6 is 0 Å². The standard InChI is InChI=1S/C30H36N6O/c1-22-8-7-9-23(2)26(22)21-34-16-18-35(19-17-34)28(37)20-31-30-29(32-27-10-5-6-15-36(27)30)24-11-13-25(14-12-24)33(3)4/h5-15,31H,16-21H2,1-4H3. The fourth-order valence-electron chi connectivity index (χ4n) is 5.03. The summed E-state index contributed by atoms with van der Waals surface area (Å²) in [4.78, 5) is 24.5. The molecule has 1 saturated heterocycles. The molecule has 1 aliphatic heterocycles. The summed E-state index contributed by atoms with van der Waals surface area (Å²) in [6.07, 6.45) is 1.99. The van der Waals surface area contributed by atoms with Crippen molar-refractivity contribution in [1.29, 1.82) is 0 Å². The number of benzene rings is 2. The normalized spacial score (nSPS) is 14.2. The summed E-state index contributed by atoms with van der Waals surface area (Å²) in [5, 5.41) is 3.42. The van der Waals surface area contributed by atoms with Crippen molar-refractivity contribution in [2.45, 2.75) is 20.4 Å². The Kier molecular flexibility index (Phi) is 7.15. The number of rotatable bonds is 7. The summed E-state index contributed by atoms with van der Waals surface area (Å²) >= 11 is 0. The van der Waals surface area contributed by atoms with Crippen molar-refractivity contribution in [3.63, 3.8) is 0 Å². The van der Waals surface area contributed by atoms with Crippen LogP contribution < -0.4 is 10.2 Å². The number of aryl methyl sites for hydroxylation is 2. The van der Waals surface area contributed by atoms with Gasteiger partial charge < -0.3 is 15.1 Å². The van der Waals surface area contributed by atoms with Crippen LogP contribution in [0, 0.1) is 13.8 Å². The van der Waals surface area contributed by atoms with Crippen molar-refractivity contribution < 1.29 is 4.79 Å². The molecule has 1 aliphatic rings. The van der Waals surface area contributed by atoms with E-state index < -0.39 is 0 Å². The lowest BCUT2D eigenvalue weighted by Gasteiger charge is -2.35. The lowest BCUT2D eigenvalue weighted by Crippen LogP contribution is -2.49. The molecule has 0 aliphatic carbocycles. The minimum atomic E-state index is 0.117. The van der Waals surface area contributed by atoms with Crippen molar-refractivity contribution >= 4 is 23.1 Å². The highest BCUT2D eigenvalue weighted by atomic mass is 16.2. The number of carbonyl (C=O) groups is 1. The minimum Gasteiger partial charge on any atom is -0.378 e. The molecule has 7 heteroatoms. The molecule has 2 aromatic carbocycles. The van der Waals surface area contributed by atoms with E-state index in [1.165, 1.54) is 16.7 Å². The number of hydrogen-bond acceptors (Lipinski definition) is 5. The van der Waals surface area contributed by atoms with E-state index in [0.717, 1.165) is 61.1 Å². The average molecular weight is 497 g/mol. The molecule has 0 spiro atoms. The average Bonchev–Trinajstić information content (AvgIpc) is 3.28. The number of pyridine rings is 1. The molecular formula is C30H36N6O. The third-order valence-electron chi connectivity index (χ3n) is 7.35. The first kappa shape index (κ1) is 24.8. The molecule has 7 nitrogen and oxygen atoms in total. The van der Waals surface area contributed by atoms with Gasteiger partial charge in [0.2, 0.25) is 5.91 Å². The van der Waals surface area contributed by atoms with Gasteiger partial charge in [-0.1, -0.05) is 36.4 Å². The SMILES string of the molecule is Cc1cccc(C)c1CN1CCN(C(=O)CNc2c(-c3ccc(N(C)C)cc3)nc3ccccn23)CC1. The van der Waals surface area contributed by atoms with Crippen LogP contribution in [0.25, 0.3) is 16.9 Å². The largest absolute Gasteiger partial charge is 0.378 e. The van der Waals surface area contributed by atoms with Crippen molar-refractivity contribution in [2.75, 3.05) is 57.0 Å². The number of fused-ring (bicyclic) bond motifs is 1. The first-order chi connectivity index (χ1) is 17.9. The van der Waals surface area contributed by atoms with E-state index in [2.05, 4.69) is 71.4 Å². The Morgan fingerprint density at radius 1 is 0.919 bits per heavy atom. The predicted molar refractivity (Wildman–Crippen MR) is 151 cm³/mol. The second kappa shape index (κ2) is 10.6. The maximum absolute atomic E-state index is 13.2. The van der Waals surface area contributed by atoms with Gasteiger partial charge in [-0.3, -0.25) is 14.1 Å². The van der Waals surface area contributed by atoms with Gasteiger partial charge in [-0.2, -0.15) is 0 Å². The summed E-state index contributed by atoms with van der Waals surface area (Å²) in [6, 6.07) is 20.8. The van der Waals surface area contributed by atoms with E-state index in [1.54, 1.807) is 0 Å². The summed E-state index contributed by atoms with van der Waals surface area (Å²) in [5.41, 5.74) is 7.93. The number of imidazole rings is 1. The number of hydrogen-bond donors (Lipinski definition) is 1. The van der Waals surface area contributed by atoms with Crippen molar-refractivity contribution in [2.24, 2.45) is 0 Å². The van der Waals surface area contributed by atoms with E-state index in [-0.39, 0.29) is 12.5 Å². The van der Waals surface area contributed by atoms with Crippen LogP contribution in [-0.2, 0) is 11.3 Å². The zero-order chi connectivity index (χ0) is 25.9. The Morgan fingerprint density at radius 3 is 2.30 bits per heavy atom. The van der Waals surface area contributed by atoms with Crippen molar-refractivity contribution in [3.8, 4) is 11.3 Å². The van der Waals surface area contributed by atoms with E-state index in [4.69, 9.17) is 4.98 Å². The molecule has 1 fully saturated rings. The maximum atomic E-state index is 13.2. The molecule has 3 heterocycles. The predicted octanol–water partition coefficient (Wildman–Crippen LogP) is 4.44. The first-order valence-electron chi connectivity index (χ1n) is 12.9. The summed E-state index contributed by atoms with van der Waals surface area (Å²) in [7, 11) is 4.06. The molecule has 5 rings (SSSR count). The molecule has 2 aromatic heterocycles. The fourth-order valence-corrected chi connectivity index (χ4v) is 5.03. The molecule has 1 amide bonds. The van der Waals surface area contributed by atoms with Gasteiger partial charge in [0, 0.05) is 64.3 Å². The lowest BCUT2D eigenvalue weighted by atomic mass is 10.0. The van der Waals surface area contributed by atoms with Gasteiger partial charge in [0.15, 0.2) is 0 Å². The third kappa shape index (κ3) is 5.32. The van der Waals surface area contributed by atoms with Gasteiger partial charge in [-0.25, -0.2) is 4.98 Å². The zero-order valence-corrected chi connectivity index (χ0v) is 22.2. The van der Waals surface area contributed by atoms with Crippen LogP contribution in [0.5, 0.6) is 0 Å². The summed E-state index contributed by atoms with van der Waals surface area (Å²) in [6.45, 7) is 8.81. The Labute approximate surface area is 219 Å². The van der Waals surface area contributed by atoms with Crippen LogP contribution in [0.4, 0.5) is 11.5 Å². The van der Waals surface area contributed by atoms with Crippen LogP contribution in [0.15, 0.2) is 66.9 Å². The fraction of sp³-hybridized carbons (Fsp3) is 0.333. The molecule has 37 heavy (non-hydrogen) atoms. The van der Waals surface area contributed by atoms with E-state index in [0.29, 0.717) is 0 Å². The van der Waals surface area contributed by atoms with Gasteiger partial charge in [-0.15, -0.1) is 0 Å². The Morgan fingerprint density at radius 2 is 1.62 bits per heavy atom. The molecular weight excluding hydrogens is 460 g/mol. The van der Waals surface area contributed by atoms with E-state index >= 15 is 0 Å². The Balaban J connectivity index is 1.25. The molecule has 192 valence electrons. The maximum Gasteiger partial charge on any atom is 0.242 e. The van der Waals surface area contributed by atoms with Gasteiger partial charge in [0.05, 0.1) is 6.54 Å². The van der Waals surface area contributed by atoms with Crippen LogP contribution in [0.3, 0.4) is 0 Å². The molecule has 0 radical (unpaired) electrons. The lowest BCUT2D eigenvalue weighted by molar-refractivity contribution is -0.131. The molecule has 0 bridgehead atoms. The highest BCUT2D eigenvalue weighted by molar-refractivity contribution is 5.84. The van der Waals surface area contributed by atoms with Gasteiger partial charge in [-0.05, 0) is 54.8 Å². The molecule has 0 atom stereocenters. The number of carbonyl (C=O) groups excluding carboxylic acids is 1. The first-order valence-corrected chi connectivity index (χ1v) is 12.9. The van der Waals surface area contributed by atoms with Crippen molar-refractivity contribution in [3.05, 3.63) is 83.6 Å². The Hall–Kier alpha value is -3.84. The molecule has 1 N–H and O–H groups in total. The highest BCUT2D eigenvalue weighted by Crippen LogP contribution is 2.30. The number of amides is 1. The molecule has 0 saturated carbocycles. The number of aromatic nitrogens is 2. The number of anilines is 2. The monoisotopic (exact) mass is 496 g/mol. The van der Waals surface area contributed by atoms with E-state index in [9.17, 15) is 4.79 Å². The van der Waals surface area contributed by atoms with Gasteiger partial charge in [0.25, 0.3) is 0 Å². The quantitative estimate of drug-likeness (QED) is 0.410. The van der Waals surface area contributed by atoms with Crippen LogP contribution in [-0.4, -0.2) is 71.9 Å². The highest BCUT2D eigenvalue weighted by Gasteiger charge is 2.23. The van der Waals surface area contributed by atoms with Crippen molar-refractivity contribution in [1.82, 2.24) is 19.2 Å². The Bertz CT molecular complexity index is 1360. The van der Waals surface area contributed by atoms with Crippen LogP contribution in [0.2, 0.25) is 0 Å². The van der Waals surface area contributed by atoms with Gasteiger partial charge >= 0.3 is 0 Å². The smallest absolute Gasteiger partial charge is 0.242 e. The molecule has 4 aromatic rings. The second-order valence-corrected chi connectivity index (χ2v) is 10.1. The molecule has 0 unspecified atom stereocenters. The third-order valence-corrected chi connectivity index (χ3v) is 7.35. The second-order valence-electron chi connectivity index (χ2n) is 10.1. The zero-order valence-electron chi connectivity index (χ0n) is 22.2. The van der Waals surface area contributed by atoms with Gasteiger partial charge in [0.1, 0.15) is 17.2 Å². The van der Waals surface area contributed by atoms with Crippen LogP contribution in [0.1, 0.15) is 16.7 Å². The topological polar surface area (TPSA) is 56.1 Å². The summed E-state index contributed by atoms with van der Waals surface area (Å²) in [5.74, 6) is 0.960. The number of piperazine rings is 1.